The van der Waals surface area contributed by atoms with Crippen molar-refractivity contribution in [1.29, 1.82) is 0 Å². The van der Waals surface area contributed by atoms with Crippen LogP contribution in [0.3, 0.4) is 0 Å². The van der Waals surface area contributed by atoms with Crippen molar-refractivity contribution in [2.75, 3.05) is 0 Å². The molecule has 1 unspecified atom stereocenters. The summed E-state index contributed by atoms with van der Waals surface area (Å²) >= 11 is 1.90. The fourth-order valence-electron chi connectivity index (χ4n) is 8.81. The van der Waals surface area contributed by atoms with Gasteiger partial charge in [-0.3, -0.25) is 0 Å². The van der Waals surface area contributed by atoms with Crippen LogP contribution in [-0.2, 0) is 5.41 Å². The number of hydrogen-bond donors (Lipinski definition) is 0. The quantitative estimate of drug-likeness (QED) is 0.183. The van der Waals surface area contributed by atoms with Crippen LogP contribution in [0.15, 0.2) is 204 Å². The van der Waals surface area contributed by atoms with Crippen molar-refractivity contribution in [3.05, 3.63) is 216 Å². The minimum Gasteiger partial charge on any atom is -0.228 e. The molecular weight excluding hydrogens is 673 g/mol. The van der Waals surface area contributed by atoms with Crippen LogP contribution in [0.2, 0.25) is 0 Å². The summed E-state index contributed by atoms with van der Waals surface area (Å²) in [6.45, 7) is 0. The summed E-state index contributed by atoms with van der Waals surface area (Å²) in [6.07, 6.45) is 0. The zero-order valence-corrected chi connectivity index (χ0v) is 30.1. The van der Waals surface area contributed by atoms with Gasteiger partial charge in [-0.05, 0) is 73.5 Å². The van der Waals surface area contributed by atoms with Crippen molar-refractivity contribution < 1.29 is 0 Å². The molecule has 2 heterocycles. The first-order valence-corrected chi connectivity index (χ1v) is 19.2. The number of benzene rings is 8. The number of aromatic nitrogens is 2. The van der Waals surface area contributed by atoms with Crippen LogP contribution in [0, 0.1) is 0 Å². The van der Waals surface area contributed by atoms with Crippen LogP contribution in [0.1, 0.15) is 22.3 Å². The Hall–Kier alpha value is -6.55. The van der Waals surface area contributed by atoms with Crippen LogP contribution in [0.25, 0.3) is 66.9 Å². The van der Waals surface area contributed by atoms with Crippen molar-refractivity contribution in [3.63, 3.8) is 0 Å². The molecule has 0 radical (unpaired) electrons. The molecule has 1 aliphatic carbocycles. The summed E-state index contributed by atoms with van der Waals surface area (Å²) < 4.78 is 0. The van der Waals surface area contributed by atoms with E-state index in [9.17, 15) is 0 Å². The van der Waals surface area contributed by atoms with E-state index in [1.165, 1.54) is 65.1 Å². The minimum absolute atomic E-state index is 0.625. The Balaban J connectivity index is 1.28. The SMILES string of the molecule is c1ccc(-c2cc(-c3ccc4c(c3)C3(c5ccccc5Sc5c3ccc3ccccc53)c3ccccc3-c3ccccc3-4)nc(-c3ccccc3)n2)cc1. The van der Waals surface area contributed by atoms with Gasteiger partial charge in [0.05, 0.1) is 16.8 Å². The van der Waals surface area contributed by atoms with Gasteiger partial charge < -0.3 is 0 Å². The Morgan fingerprint density at radius 1 is 0.370 bits per heavy atom. The molecule has 1 spiro atoms. The average molecular weight is 705 g/mol. The molecular formula is C51H32N2S. The summed E-state index contributed by atoms with van der Waals surface area (Å²) in [4.78, 5) is 13.0. The Morgan fingerprint density at radius 3 is 1.74 bits per heavy atom. The lowest BCUT2D eigenvalue weighted by Gasteiger charge is -2.43. The van der Waals surface area contributed by atoms with Gasteiger partial charge in [0.2, 0.25) is 0 Å². The van der Waals surface area contributed by atoms with Gasteiger partial charge in [-0.15, -0.1) is 0 Å². The van der Waals surface area contributed by atoms with Gasteiger partial charge in [0, 0.05) is 26.5 Å². The van der Waals surface area contributed by atoms with Crippen molar-refractivity contribution in [2.24, 2.45) is 0 Å². The average Bonchev–Trinajstić information content (AvgIpc) is 3.35. The molecule has 0 saturated carbocycles. The van der Waals surface area contributed by atoms with E-state index in [1.54, 1.807) is 0 Å². The lowest BCUT2D eigenvalue weighted by Crippen LogP contribution is -2.34. The fourth-order valence-corrected chi connectivity index (χ4v) is 10.1. The number of hydrogen-bond acceptors (Lipinski definition) is 3. The van der Waals surface area contributed by atoms with Crippen LogP contribution in [0.4, 0.5) is 0 Å². The highest BCUT2D eigenvalue weighted by molar-refractivity contribution is 7.99. The Morgan fingerprint density at radius 2 is 0.963 bits per heavy atom. The van der Waals surface area contributed by atoms with E-state index < -0.39 is 5.41 Å². The summed E-state index contributed by atoms with van der Waals surface area (Å²) in [5.41, 5.74) is 14.4. The Bertz CT molecular complexity index is 2860. The number of rotatable bonds is 3. The second-order valence-electron chi connectivity index (χ2n) is 14.1. The normalized spacial score (nSPS) is 15.0. The molecule has 54 heavy (non-hydrogen) atoms. The monoisotopic (exact) mass is 704 g/mol. The van der Waals surface area contributed by atoms with E-state index in [0.717, 1.165) is 28.1 Å². The first-order valence-electron chi connectivity index (χ1n) is 18.4. The topological polar surface area (TPSA) is 25.8 Å². The lowest BCUT2D eigenvalue weighted by atomic mass is 9.62. The standard InChI is InChI=1S/C51H32N2S/c1-3-16-34(17-4-1)46-32-47(53-50(52-46)35-18-5-2-6-19-35)36-27-29-41-39-22-10-9-21-38(39)40-23-11-12-24-42(40)51(45(41)31-36)43-25-13-14-26-48(43)54-49-37-20-8-7-15-33(37)28-30-44(49)51/h1-32H. The van der Waals surface area contributed by atoms with Crippen molar-refractivity contribution in [3.8, 4) is 56.2 Å². The lowest BCUT2D eigenvalue weighted by molar-refractivity contribution is 0.711. The molecule has 1 aliphatic heterocycles. The molecule has 0 saturated heterocycles. The van der Waals surface area contributed by atoms with Crippen molar-refractivity contribution in [2.45, 2.75) is 15.2 Å². The highest BCUT2D eigenvalue weighted by atomic mass is 32.2. The van der Waals surface area contributed by atoms with E-state index in [1.807, 2.05) is 36.0 Å². The third kappa shape index (κ3) is 4.62. The van der Waals surface area contributed by atoms with Gasteiger partial charge in [0.1, 0.15) is 0 Å². The molecule has 252 valence electrons. The summed E-state index contributed by atoms with van der Waals surface area (Å²) in [5, 5.41) is 2.53. The van der Waals surface area contributed by atoms with Crippen LogP contribution >= 0.6 is 11.8 Å². The van der Waals surface area contributed by atoms with E-state index in [-0.39, 0.29) is 0 Å². The summed E-state index contributed by atoms with van der Waals surface area (Å²) in [7, 11) is 0. The number of fused-ring (bicyclic) bond motifs is 13. The second kappa shape index (κ2) is 12.3. The summed E-state index contributed by atoms with van der Waals surface area (Å²) in [5.74, 6) is 0.712. The Labute approximate surface area is 318 Å². The fraction of sp³-hybridized carbons (Fsp3) is 0.0196. The first-order chi connectivity index (χ1) is 26.8. The van der Waals surface area contributed by atoms with Gasteiger partial charge in [0.15, 0.2) is 5.82 Å². The van der Waals surface area contributed by atoms with Gasteiger partial charge in [-0.1, -0.05) is 188 Å². The zero-order valence-electron chi connectivity index (χ0n) is 29.3. The first kappa shape index (κ1) is 31.0. The predicted molar refractivity (Wildman–Crippen MR) is 223 cm³/mol. The molecule has 2 nitrogen and oxygen atoms in total. The largest absolute Gasteiger partial charge is 0.228 e. The molecule has 9 aromatic rings. The maximum Gasteiger partial charge on any atom is 0.160 e. The highest BCUT2D eigenvalue weighted by Gasteiger charge is 2.48. The smallest absolute Gasteiger partial charge is 0.160 e. The summed E-state index contributed by atoms with van der Waals surface area (Å²) in [6, 6.07) is 70.5. The molecule has 1 aromatic heterocycles. The second-order valence-corrected chi connectivity index (χ2v) is 15.1. The molecule has 0 N–H and O–H groups in total. The van der Waals surface area contributed by atoms with Crippen molar-refractivity contribution >= 4 is 22.5 Å². The highest BCUT2D eigenvalue weighted by Crippen LogP contribution is 2.62. The Kier molecular flexibility index (Phi) is 7.05. The van der Waals surface area contributed by atoms with Gasteiger partial charge in [-0.2, -0.15) is 0 Å². The molecule has 2 aliphatic rings. The van der Waals surface area contributed by atoms with Crippen LogP contribution < -0.4 is 0 Å². The minimum atomic E-state index is -0.625. The molecule has 1 atom stereocenters. The third-order valence-electron chi connectivity index (χ3n) is 11.2. The van der Waals surface area contributed by atoms with Crippen LogP contribution in [0.5, 0.6) is 0 Å². The maximum atomic E-state index is 5.31. The zero-order chi connectivity index (χ0) is 35.6. The molecule has 0 bridgehead atoms. The van der Waals surface area contributed by atoms with E-state index >= 15 is 0 Å². The maximum absolute atomic E-state index is 5.31. The number of nitrogens with zero attached hydrogens (tertiary/aromatic N) is 2. The molecule has 0 fully saturated rings. The molecule has 8 aromatic carbocycles. The van der Waals surface area contributed by atoms with Crippen LogP contribution in [-0.4, -0.2) is 9.97 Å². The van der Waals surface area contributed by atoms with Crippen molar-refractivity contribution in [1.82, 2.24) is 9.97 Å². The molecule has 0 amide bonds. The van der Waals surface area contributed by atoms with Gasteiger partial charge in [-0.25, -0.2) is 9.97 Å². The predicted octanol–water partition coefficient (Wildman–Crippen LogP) is 13.1. The van der Waals surface area contributed by atoms with E-state index in [0.29, 0.717) is 5.82 Å². The van der Waals surface area contributed by atoms with E-state index in [4.69, 9.17) is 9.97 Å². The van der Waals surface area contributed by atoms with E-state index in [2.05, 4.69) is 170 Å². The van der Waals surface area contributed by atoms with Gasteiger partial charge in [0.25, 0.3) is 0 Å². The third-order valence-corrected chi connectivity index (χ3v) is 12.4. The molecule has 11 rings (SSSR count). The molecule has 3 heteroatoms. The van der Waals surface area contributed by atoms with Gasteiger partial charge >= 0.3 is 0 Å².